The molecule has 1 aliphatic rings. The number of nitrogens with one attached hydrogen (secondary N) is 3. The summed E-state index contributed by atoms with van der Waals surface area (Å²) in [6.45, 7) is 1.90. The van der Waals surface area contributed by atoms with E-state index in [0.717, 1.165) is 11.6 Å². The third kappa shape index (κ3) is 5.46. The molecular formula is C25H23F2N3O3. The molecule has 8 heteroatoms. The van der Waals surface area contributed by atoms with Crippen molar-refractivity contribution in [2.45, 2.75) is 25.4 Å². The summed E-state index contributed by atoms with van der Waals surface area (Å²) in [5, 5.41) is 8.46. The predicted molar refractivity (Wildman–Crippen MR) is 120 cm³/mol. The van der Waals surface area contributed by atoms with Crippen LogP contribution in [0.15, 0.2) is 66.7 Å². The smallest absolute Gasteiger partial charge is 0.315 e. The molecule has 6 nitrogen and oxygen atoms in total. The molecule has 3 aromatic rings. The number of carbonyl (C=O) groups excluding carboxylic acids is 2. The lowest BCUT2D eigenvalue weighted by Crippen LogP contribution is -2.47. The van der Waals surface area contributed by atoms with Gasteiger partial charge in [-0.25, -0.2) is 13.6 Å². The number of anilines is 1. The van der Waals surface area contributed by atoms with Crippen LogP contribution in [-0.4, -0.2) is 24.6 Å². The summed E-state index contributed by atoms with van der Waals surface area (Å²) in [6.07, 6.45) is 0.257. The Labute approximate surface area is 190 Å². The molecule has 1 aliphatic heterocycles. The van der Waals surface area contributed by atoms with E-state index in [1.165, 1.54) is 6.07 Å². The maximum absolute atomic E-state index is 13.8. The Morgan fingerprint density at radius 2 is 1.82 bits per heavy atom. The van der Waals surface area contributed by atoms with Crippen LogP contribution in [0.1, 0.15) is 34.5 Å². The van der Waals surface area contributed by atoms with E-state index in [2.05, 4.69) is 16.0 Å². The van der Waals surface area contributed by atoms with Gasteiger partial charge in [0.1, 0.15) is 12.4 Å². The van der Waals surface area contributed by atoms with Gasteiger partial charge < -0.3 is 20.7 Å². The summed E-state index contributed by atoms with van der Waals surface area (Å²) in [5.41, 5.74) is 2.32. The summed E-state index contributed by atoms with van der Waals surface area (Å²) >= 11 is 0. The van der Waals surface area contributed by atoms with E-state index in [4.69, 9.17) is 4.74 Å². The van der Waals surface area contributed by atoms with Crippen LogP contribution in [-0.2, 0) is 6.42 Å². The quantitative estimate of drug-likeness (QED) is 0.531. The maximum Gasteiger partial charge on any atom is 0.315 e. The average molecular weight is 451 g/mol. The average Bonchev–Trinajstić information content (AvgIpc) is 2.79. The van der Waals surface area contributed by atoms with Gasteiger partial charge in [-0.2, -0.15) is 0 Å². The number of hydrogen-bond donors (Lipinski definition) is 3. The molecule has 1 heterocycles. The minimum Gasteiger partial charge on any atom is -0.488 e. The van der Waals surface area contributed by atoms with Gasteiger partial charge >= 0.3 is 6.03 Å². The van der Waals surface area contributed by atoms with Gasteiger partial charge in [-0.05, 0) is 49.2 Å². The van der Waals surface area contributed by atoms with Gasteiger partial charge in [-0.1, -0.05) is 30.3 Å². The monoisotopic (exact) mass is 451 g/mol. The molecule has 4 rings (SSSR count). The second kappa shape index (κ2) is 9.68. The molecule has 0 bridgehead atoms. The zero-order valence-electron chi connectivity index (χ0n) is 17.9. The zero-order valence-corrected chi connectivity index (χ0v) is 17.9. The van der Waals surface area contributed by atoms with Crippen molar-refractivity contribution in [2.75, 3.05) is 11.9 Å². The second-order valence-electron chi connectivity index (χ2n) is 7.87. The van der Waals surface area contributed by atoms with Crippen molar-refractivity contribution in [3.63, 3.8) is 0 Å². The van der Waals surface area contributed by atoms with Crippen LogP contribution >= 0.6 is 0 Å². The number of amides is 3. The number of rotatable bonds is 5. The first-order chi connectivity index (χ1) is 15.9. The van der Waals surface area contributed by atoms with Gasteiger partial charge in [-0.15, -0.1) is 0 Å². The van der Waals surface area contributed by atoms with Gasteiger partial charge in [0, 0.05) is 22.9 Å². The van der Waals surface area contributed by atoms with Crippen molar-refractivity contribution >= 4 is 17.6 Å². The number of halogens is 2. The molecule has 3 aromatic carbocycles. The predicted octanol–water partition coefficient (Wildman–Crippen LogP) is 4.58. The second-order valence-corrected chi connectivity index (χ2v) is 7.87. The fourth-order valence-corrected chi connectivity index (χ4v) is 3.71. The Bertz CT molecular complexity index is 1170. The number of benzene rings is 3. The summed E-state index contributed by atoms with van der Waals surface area (Å²) in [6, 6.07) is 16.8. The number of carbonyl (C=O) groups is 2. The molecule has 3 amide bonds. The van der Waals surface area contributed by atoms with Crippen molar-refractivity contribution in [3.8, 4) is 5.75 Å². The van der Waals surface area contributed by atoms with E-state index in [-0.39, 0.29) is 30.7 Å². The van der Waals surface area contributed by atoms with E-state index >= 15 is 0 Å². The highest BCUT2D eigenvalue weighted by Gasteiger charge is 2.25. The maximum atomic E-state index is 13.8. The van der Waals surface area contributed by atoms with E-state index in [0.29, 0.717) is 16.8 Å². The van der Waals surface area contributed by atoms with Gasteiger partial charge in [0.15, 0.2) is 11.6 Å². The van der Waals surface area contributed by atoms with Crippen LogP contribution in [0.4, 0.5) is 19.3 Å². The van der Waals surface area contributed by atoms with Gasteiger partial charge in [0.25, 0.3) is 5.91 Å². The molecule has 170 valence electrons. The van der Waals surface area contributed by atoms with Gasteiger partial charge in [0.05, 0.1) is 12.1 Å². The standard InChI is InChI=1S/C25H23F2N3O3/c1-15(17-8-5-9-20(11-17)29-24(31)16-6-3-2-4-7-16)28-25(32)30-21-12-18-10-19(26)13-22(27)23(18)33-14-21/h2-11,13,15,21H,12,14H2,1H3,(H,29,31)(H2,28,30,32). The fraction of sp³-hybridized carbons (Fsp3) is 0.200. The molecule has 2 unspecified atom stereocenters. The summed E-state index contributed by atoms with van der Waals surface area (Å²) in [7, 11) is 0. The Morgan fingerprint density at radius 1 is 1.03 bits per heavy atom. The number of fused-ring (bicyclic) bond motifs is 1. The minimum absolute atomic E-state index is 0.0255. The lowest BCUT2D eigenvalue weighted by Gasteiger charge is -2.27. The van der Waals surface area contributed by atoms with Crippen molar-refractivity contribution in [2.24, 2.45) is 0 Å². The molecular weight excluding hydrogens is 428 g/mol. The van der Waals surface area contributed by atoms with Crippen LogP contribution < -0.4 is 20.7 Å². The lowest BCUT2D eigenvalue weighted by atomic mass is 10.0. The Morgan fingerprint density at radius 3 is 2.61 bits per heavy atom. The van der Waals surface area contributed by atoms with Gasteiger partial charge in [0.2, 0.25) is 0 Å². The summed E-state index contributed by atoms with van der Waals surface area (Å²) in [5.74, 6) is -1.64. The summed E-state index contributed by atoms with van der Waals surface area (Å²) < 4.78 is 32.7. The lowest BCUT2D eigenvalue weighted by molar-refractivity contribution is 0.102. The molecule has 0 saturated carbocycles. The van der Waals surface area contributed by atoms with E-state index < -0.39 is 23.7 Å². The molecule has 2 atom stereocenters. The highest BCUT2D eigenvalue weighted by Crippen LogP contribution is 2.29. The minimum atomic E-state index is -0.749. The van der Waals surface area contributed by atoms with Crippen LogP contribution in [0.25, 0.3) is 0 Å². The Balaban J connectivity index is 1.34. The highest BCUT2D eigenvalue weighted by atomic mass is 19.1. The normalized spacial score (nSPS) is 15.5. The number of urea groups is 1. The first-order valence-corrected chi connectivity index (χ1v) is 10.5. The molecule has 3 N–H and O–H groups in total. The van der Waals surface area contributed by atoms with Crippen molar-refractivity contribution in [1.82, 2.24) is 10.6 Å². The molecule has 0 spiro atoms. The molecule has 0 saturated heterocycles. The highest BCUT2D eigenvalue weighted by molar-refractivity contribution is 6.04. The first-order valence-electron chi connectivity index (χ1n) is 10.5. The SMILES string of the molecule is CC(NC(=O)NC1COc2c(F)cc(F)cc2C1)c1cccc(NC(=O)c2ccccc2)c1. The number of hydrogen-bond acceptors (Lipinski definition) is 3. The van der Waals surface area contributed by atoms with Crippen molar-refractivity contribution in [1.29, 1.82) is 0 Å². The largest absolute Gasteiger partial charge is 0.488 e. The first kappa shape index (κ1) is 22.3. The van der Waals surface area contributed by atoms with E-state index in [1.807, 2.05) is 19.1 Å². The molecule has 0 aliphatic carbocycles. The molecule has 0 radical (unpaired) electrons. The van der Waals surface area contributed by atoms with Crippen LogP contribution in [0, 0.1) is 11.6 Å². The number of ether oxygens (including phenoxy) is 1. The van der Waals surface area contributed by atoms with E-state index in [1.54, 1.807) is 42.5 Å². The Hall–Kier alpha value is -3.94. The summed E-state index contributed by atoms with van der Waals surface area (Å²) in [4.78, 5) is 24.9. The Kier molecular flexibility index (Phi) is 6.53. The van der Waals surface area contributed by atoms with Crippen molar-refractivity contribution < 1.29 is 23.1 Å². The van der Waals surface area contributed by atoms with Crippen LogP contribution in [0.2, 0.25) is 0 Å². The molecule has 0 aromatic heterocycles. The van der Waals surface area contributed by atoms with E-state index in [9.17, 15) is 18.4 Å². The van der Waals surface area contributed by atoms with Crippen LogP contribution in [0.5, 0.6) is 5.75 Å². The van der Waals surface area contributed by atoms with Crippen LogP contribution in [0.3, 0.4) is 0 Å². The third-order valence-electron chi connectivity index (χ3n) is 5.34. The topological polar surface area (TPSA) is 79.5 Å². The third-order valence-corrected chi connectivity index (χ3v) is 5.34. The zero-order chi connectivity index (χ0) is 23.4. The molecule has 0 fully saturated rings. The van der Waals surface area contributed by atoms with Gasteiger partial charge in [-0.3, -0.25) is 4.79 Å². The van der Waals surface area contributed by atoms with Crippen molar-refractivity contribution in [3.05, 3.63) is 95.1 Å². The fourth-order valence-electron chi connectivity index (χ4n) is 3.71. The molecule has 33 heavy (non-hydrogen) atoms.